The van der Waals surface area contributed by atoms with Crippen LogP contribution in [0, 0.1) is 0 Å². The number of ether oxygens (including phenoxy) is 1. The molecule has 2 heterocycles. The van der Waals surface area contributed by atoms with Gasteiger partial charge in [-0.15, -0.1) is 10.2 Å². The van der Waals surface area contributed by atoms with Crippen LogP contribution in [-0.2, 0) is 11.3 Å². The number of hydrogen-bond donors (Lipinski definition) is 1. The Morgan fingerprint density at radius 2 is 1.91 bits per heavy atom. The van der Waals surface area contributed by atoms with E-state index in [1.165, 1.54) is 0 Å². The summed E-state index contributed by atoms with van der Waals surface area (Å²) >= 11 is 11.9. The van der Waals surface area contributed by atoms with Crippen LogP contribution < -0.4 is 5.73 Å². The Morgan fingerprint density at radius 1 is 1.14 bits per heavy atom. The zero-order chi connectivity index (χ0) is 15.5. The summed E-state index contributed by atoms with van der Waals surface area (Å²) < 4.78 is 7.49. The molecule has 1 unspecified atom stereocenters. The topological polar surface area (TPSA) is 65.4 Å². The van der Waals surface area contributed by atoms with Gasteiger partial charge >= 0.3 is 0 Å². The lowest BCUT2D eigenvalue weighted by atomic mass is 10.2. The van der Waals surface area contributed by atoms with Crippen molar-refractivity contribution < 1.29 is 4.74 Å². The van der Waals surface area contributed by atoms with Gasteiger partial charge in [-0.05, 0) is 35.9 Å². The maximum atomic E-state index is 6.13. The standard InChI is InChI=1S/C15H14Cl2N4O/c16-11-5-10(6-12(17)7-11)8-22-9-13(18)15-20-19-14-3-1-2-4-21(14)15/h1-7,13H,8-9,18H2. The monoisotopic (exact) mass is 336 g/mol. The maximum absolute atomic E-state index is 6.13. The highest BCUT2D eigenvalue weighted by Gasteiger charge is 2.13. The molecule has 1 aromatic carbocycles. The van der Waals surface area contributed by atoms with Gasteiger partial charge in [-0.3, -0.25) is 4.40 Å². The minimum Gasteiger partial charge on any atom is -0.375 e. The van der Waals surface area contributed by atoms with Crippen molar-refractivity contribution in [3.05, 3.63) is 64.0 Å². The largest absolute Gasteiger partial charge is 0.375 e. The van der Waals surface area contributed by atoms with Gasteiger partial charge in [0, 0.05) is 16.2 Å². The van der Waals surface area contributed by atoms with Crippen LogP contribution in [0.1, 0.15) is 17.4 Å². The Labute approximate surface area is 137 Å². The maximum Gasteiger partial charge on any atom is 0.160 e. The first-order chi connectivity index (χ1) is 10.6. The van der Waals surface area contributed by atoms with Gasteiger partial charge in [0.2, 0.25) is 0 Å². The van der Waals surface area contributed by atoms with E-state index in [2.05, 4.69) is 10.2 Å². The highest BCUT2D eigenvalue weighted by molar-refractivity contribution is 6.34. The molecule has 3 aromatic rings. The summed E-state index contributed by atoms with van der Waals surface area (Å²) in [6, 6.07) is 10.6. The predicted molar refractivity (Wildman–Crippen MR) is 86.0 cm³/mol. The smallest absolute Gasteiger partial charge is 0.160 e. The second kappa shape index (κ2) is 6.62. The van der Waals surface area contributed by atoms with Crippen molar-refractivity contribution in [2.45, 2.75) is 12.6 Å². The van der Waals surface area contributed by atoms with Crippen molar-refractivity contribution in [2.75, 3.05) is 6.61 Å². The second-order valence-electron chi connectivity index (χ2n) is 4.89. The molecule has 0 bridgehead atoms. The number of hydrogen-bond acceptors (Lipinski definition) is 4. The van der Waals surface area contributed by atoms with Crippen molar-refractivity contribution >= 4 is 28.8 Å². The average Bonchev–Trinajstić information content (AvgIpc) is 2.90. The molecule has 7 heteroatoms. The first kappa shape index (κ1) is 15.2. The van der Waals surface area contributed by atoms with E-state index in [-0.39, 0.29) is 6.04 Å². The Morgan fingerprint density at radius 3 is 2.68 bits per heavy atom. The molecular formula is C15H14Cl2N4O. The molecule has 22 heavy (non-hydrogen) atoms. The molecule has 0 spiro atoms. The van der Waals surface area contributed by atoms with Gasteiger partial charge in [-0.1, -0.05) is 29.3 Å². The van der Waals surface area contributed by atoms with E-state index in [1.807, 2.05) is 40.9 Å². The van der Waals surface area contributed by atoms with Gasteiger partial charge in [0.1, 0.15) is 0 Å². The van der Waals surface area contributed by atoms with E-state index in [9.17, 15) is 0 Å². The van der Waals surface area contributed by atoms with Gasteiger partial charge in [-0.25, -0.2) is 0 Å². The summed E-state index contributed by atoms with van der Waals surface area (Å²) in [6.07, 6.45) is 1.88. The number of benzene rings is 1. The van der Waals surface area contributed by atoms with Crippen LogP contribution in [0.15, 0.2) is 42.6 Å². The molecule has 0 aliphatic rings. The SMILES string of the molecule is NC(COCc1cc(Cl)cc(Cl)c1)c1nnc2ccccn12. The summed E-state index contributed by atoms with van der Waals surface area (Å²) in [5, 5.41) is 9.35. The third kappa shape index (κ3) is 3.39. The Hall–Kier alpha value is -1.66. The number of nitrogens with zero attached hydrogens (tertiary/aromatic N) is 3. The molecule has 0 saturated carbocycles. The molecule has 3 rings (SSSR count). The van der Waals surface area contributed by atoms with Gasteiger partial charge < -0.3 is 10.5 Å². The lowest BCUT2D eigenvalue weighted by Crippen LogP contribution is -2.20. The lowest BCUT2D eigenvalue weighted by Gasteiger charge is -2.11. The lowest BCUT2D eigenvalue weighted by molar-refractivity contribution is 0.106. The molecule has 5 nitrogen and oxygen atoms in total. The second-order valence-corrected chi connectivity index (χ2v) is 5.76. The van der Waals surface area contributed by atoms with Crippen LogP contribution in [0.3, 0.4) is 0 Å². The summed E-state index contributed by atoms with van der Waals surface area (Å²) in [5.74, 6) is 0.666. The van der Waals surface area contributed by atoms with Gasteiger partial charge in [0.05, 0.1) is 19.3 Å². The molecule has 0 saturated heterocycles. The zero-order valence-corrected chi connectivity index (χ0v) is 13.1. The minimum atomic E-state index is -0.368. The van der Waals surface area contributed by atoms with E-state index in [0.717, 1.165) is 11.2 Å². The summed E-state index contributed by atoms with van der Waals surface area (Å²) in [6.45, 7) is 0.699. The van der Waals surface area contributed by atoms with E-state index in [4.69, 9.17) is 33.7 Å². The predicted octanol–water partition coefficient (Wildman–Crippen LogP) is 3.25. The molecule has 0 aliphatic carbocycles. The zero-order valence-electron chi connectivity index (χ0n) is 11.6. The minimum absolute atomic E-state index is 0.319. The fourth-order valence-electron chi connectivity index (χ4n) is 2.19. The van der Waals surface area contributed by atoms with Crippen LogP contribution in [-0.4, -0.2) is 21.2 Å². The van der Waals surface area contributed by atoms with Crippen molar-refractivity contribution in [1.29, 1.82) is 0 Å². The average molecular weight is 337 g/mol. The summed E-state index contributed by atoms with van der Waals surface area (Å²) in [4.78, 5) is 0. The normalized spacial score (nSPS) is 12.7. The number of rotatable bonds is 5. The third-order valence-corrected chi connectivity index (χ3v) is 3.60. The number of pyridine rings is 1. The highest BCUT2D eigenvalue weighted by Crippen LogP contribution is 2.20. The molecule has 0 amide bonds. The fraction of sp³-hybridized carbons (Fsp3) is 0.200. The number of halogens is 2. The molecule has 0 radical (unpaired) electrons. The molecule has 2 N–H and O–H groups in total. The number of fused-ring (bicyclic) bond motifs is 1. The number of aromatic nitrogens is 3. The summed E-state index contributed by atoms with van der Waals surface area (Å²) in [5.41, 5.74) is 7.79. The van der Waals surface area contributed by atoms with Crippen LogP contribution in [0.4, 0.5) is 0 Å². The number of nitrogens with two attached hydrogens (primary N) is 1. The third-order valence-electron chi connectivity index (χ3n) is 3.16. The molecule has 2 aromatic heterocycles. The Kier molecular flexibility index (Phi) is 4.59. The molecule has 0 aliphatic heterocycles. The molecule has 0 fully saturated rings. The van der Waals surface area contributed by atoms with Crippen molar-refractivity contribution in [1.82, 2.24) is 14.6 Å². The van der Waals surface area contributed by atoms with Crippen molar-refractivity contribution in [2.24, 2.45) is 5.73 Å². The Bertz CT molecular complexity index is 770. The van der Waals surface area contributed by atoms with Crippen LogP contribution in [0.25, 0.3) is 5.65 Å². The Balaban J connectivity index is 1.64. The van der Waals surface area contributed by atoms with Gasteiger partial charge in [0.15, 0.2) is 11.5 Å². The van der Waals surface area contributed by atoms with Crippen LogP contribution >= 0.6 is 23.2 Å². The molecule has 1 atom stereocenters. The van der Waals surface area contributed by atoms with Crippen molar-refractivity contribution in [3.63, 3.8) is 0 Å². The van der Waals surface area contributed by atoms with Crippen molar-refractivity contribution in [3.8, 4) is 0 Å². The fourth-order valence-corrected chi connectivity index (χ4v) is 2.76. The van der Waals surface area contributed by atoms with Crippen LogP contribution in [0.5, 0.6) is 0 Å². The molecular weight excluding hydrogens is 323 g/mol. The van der Waals surface area contributed by atoms with Crippen LogP contribution in [0.2, 0.25) is 10.0 Å². The van der Waals surface area contributed by atoms with E-state index >= 15 is 0 Å². The van der Waals surface area contributed by atoms with E-state index < -0.39 is 0 Å². The van der Waals surface area contributed by atoms with Gasteiger partial charge in [-0.2, -0.15) is 0 Å². The summed E-state index contributed by atoms with van der Waals surface area (Å²) in [7, 11) is 0. The molecule has 114 valence electrons. The van der Waals surface area contributed by atoms with Gasteiger partial charge in [0.25, 0.3) is 0 Å². The van der Waals surface area contributed by atoms with E-state index in [1.54, 1.807) is 6.07 Å². The van der Waals surface area contributed by atoms with E-state index in [0.29, 0.717) is 29.1 Å². The first-order valence-electron chi connectivity index (χ1n) is 6.71. The highest BCUT2D eigenvalue weighted by atomic mass is 35.5. The first-order valence-corrected chi connectivity index (χ1v) is 7.47. The quantitative estimate of drug-likeness (QED) is 0.776.